The van der Waals surface area contributed by atoms with Crippen molar-refractivity contribution >= 4 is 32.9 Å². The summed E-state index contributed by atoms with van der Waals surface area (Å²) in [5.74, 6) is 0.675. The van der Waals surface area contributed by atoms with Gasteiger partial charge in [-0.05, 0) is 83.4 Å². The van der Waals surface area contributed by atoms with Gasteiger partial charge in [0.25, 0.3) is 0 Å². The van der Waals surface area contributed by atoms with Crippen LogP contribution in [0, 0.1) is 12.3 Å². The van der Waals surface area contributed by atoms with E-state index >= 15 is 0 Å². The predicted molar refractivity (Wildman–Crippen MR) is 136 cm³/mol. The summed E-state index contributed by atoms with van der Waals surface area (Å²) in [5.41, 5.74) is 8.79. The molecule has 4 aromatic rings. The summed E-state index contributed by atoms with van der Waals surface area (Å²) in [7, 11) is 4.45. The molecule has 3 aromatic carbocycles. The van der Waals surface area contributed by atoms with E-state index in [0.717, 1.165) is 0 Å². The zero-order valence-electron chi connectivity index (χ0n) is 20.0. The Kier molecular flexibility index (Phi) is 4.21. The number of benzene rings is 3. The quantitative estimate of drug-likeness (QED) is 0.288. The third-order valence-corrected chi connectivity index (χ3v) is 8.30. The van der Waals surface area contributed by atoms with Crippen LogP contribution in [-0.4, -0.2) is 7.05 Å². The average Bonchev–Trinajstić information content (AvgIpc) is 2.78. The van der Waals surface area contributed by atoms with E-state index in [-0.39, 0.29) is 0 Å². The van der Waals surface area contributed by atoms with Crippen molar-refractivity contribution in [3.8, 4) is 11.3 Å². The molecule has 0 unspecified atom stereocenters. The Bertz CT molecular complexity index is 1390. The minimum Gasteiger partial charge on any atom is -0.343 e. The molecule has 1 fully saturated rings. The first kappa shape index (κ1) is 19.8. The molecule has 2 heterocycles. The third kappa shape index (κ3) is 2.81. The van der Waals surface area contributed by atoms with Gasteiger partial charge in [0.15, 0.2) is 6.20 Å². The highest BCUT2D eigenvalue weighted by atomic mass is 15.1. The summed E-state index contributed by atoms with van der Waals surface area (Å²) in [5, 5.41) is 5.44. The normalized spacial score (nSPS) is 17.7. The molecule has 0 spiro atoms. The lowest BCUT2D eigenvalue weighted by atomic mass is 9.71. The number of rotatable bonds is 1. The summed E-state index contributed by atoms with van der Waals surface area (Å²) in [6, 6.07) is 18.5. The standard InChI is InChI=1S/C30H33N2/c1-19-24-9-7-6-8-21(24)17-25-27(19)29-28-22(12-15-31(29)4)16-23(18-26(28)32(25)5)20-10-13-30(2,3)14-11-20/h6-9,12,15-18,20H,10-11,13-14H2,1-5H3/q+1. The number of hydrogen-bond donors (Lipinski definition) is 0. The fourth-order valence-corrected chi connectivity index (χ4v) is 6.24. The molecule has 162 valence electrons. The molecule has 2 nitrogen and oxygen atoms in total. The van der Waals surface area contributed by atoms with E-state index in [1.807, 2.05) is 0 Å². The van der Waals surface area contributed by atoms with Crippen LogP contribution < -0.4 is 9.47 Å². The van der Waals surface area contributed by atoms with Gasteiger partial charge in [0.05, 0.1) is 22.3 Å². The van der Waals surface area contributed by atoms with Crippen LogP contribution in [0.4, 0.5) is 11.4 Å². The largest absolute Gasteiger partial charge is 0.343 e. The van der Waals surface area contributed by atoms with Crippen molar-refractivity contribution in [2.24, 2.45) is 12.5 Å². The van der Waals surface area contributed by atoms with Gasteiger partial charge >= 0.3 is 0 Å². The zero-order chi connectivity index (χ0) is 22.2. The highest BCUT2D eigenvalue weighted by Gasteiger charge is 2.33. The van der Waals surface area contributed by atoms with Crippen molar-refractivity contribution in [3.63, 3.8) is 0 Å². The average molecular weight is 422 g/mol. The number of aryl methyl sites for hydroxylation is 2. The Balaban J connectivity index is 1.61. The Morgan fingerprint density at radius 2 is 1.69 bits per heavy atom. The van der Waals surface area contributed by atoms with Crippen LogP contribution in [0.2, 0.25) is 0 Å². The molecule has 32 heavy (non-hydrogen) atoms. The maximum absolute atomic E-state index is 2.50. The highest BCUT2D eigenvalue weighted by molar-refractivity contribution is 6.13. The fraction of sp³-hybridized carbons (Fsp3) is 0.367. The zero-order valence-corrected chi connectivity index (χ0v) is 20.0. The van der Waals surface area contributed by atoms with E-state index in [9.17, 15) is 0 Å². The maximum Gasteiger partial charge on any atom is 0.224 e. The second-order valence-corrected chi connectivity index (χ2v) is 10.9. The maximum atomic E-state index is 2.50. The van der Waals surface area contributed by atoms with E-state index in [1.165, 1.54) is 81.0 Å². The Hall–Kier alpha value is -2.87. The predicted octanol–water partition coefficient (Wildman–Crippen LogP) is 7.56. The lowest BCUT2D eigenvalue weighted by Gasteiger charge is -2.36. The van der Waals surface area contributed by atoms with Crippen molar-refractivity contribution in [1.82, 2.24) is 0 Å². The van der Waals surface area contributed by atoms with Gasteiger partial charge in [0.2, 0.25) is 5.69 Å². The third-order valence-electron chi connectivity index (χ3n) is 8.30. The first-order valence-electron chi connectivity index (χ1n) is 12.1. The number of nitrogens with zero attached hydrogens (tertiary/aromatic N) is 2. The summed E-state index contributed by atoms with van der Waals surface area (Å²) in [6.45, 7) is 7.14. The number of aromatic nitrogens is 1. The molecule has 1 aliphatic heterocycles. The molecule has 1 aliphatic carbocycles. The van der Waals surface area contributed by atoms with Crippen LogP contribution in [0.25, 0.3) is 32.8 Å². The van der Waals surface area contributed by atoms with Gasteiger partial charge in [-0.25, -0.2) is 4.57 Å². The molecule has 0 bridgehead atoms. The van der Waals surface area contributed by atoms with Gasteiger partial charge in [0.1, 0.15) is 7.05 Å². The topological polar surface area (TPSA) is 7.12 Å². The fourth-order valence-electron chi connectivity index (χ4n) is 6.24. The van der Waals surface area contributed by atoms with Crippen molar-refractivity contribution < 1.29 is 4.57 Å². The lowest BCUT2D eigenvalue weighted by Crippen LogP contribution is -2.33. The van der Waals surface area contributed by atoms with Crippen molar-refractivity contribution in [2.45, 2.75) is 52.4 Å². The van der Waals surface area contributed by atoms with E-state index in [1.54, 1.807) is 0 Å². The molecule has 0 saturated heterocycles. The van der Waals surface area contributed by atoms with Crippen LogP contribution in [0.15, 0.2) is 54.7 Å². The van der Waals surface area contributed by atoms with E-state index in [2.05, 4.69) is 99.1 Å². The minimum atomic E-state index is 0.497. The smallest absolute Gasteiger partial charge is 0.224 e. The molecule has 6 rings (SSSR count). The molecular formula is C30H33N2+. The van der Waals surface area contributed by atoms with Gasteiger partial charge in [0, 0.05) is 13.1 Å². The van der Waals surface area contributed by atoms with E-state index in [0.29, 0.717) is 11.3 Å². The van der Waals surface area contributed by atoms with E-state index < -0.39 is 0 Å². The van der Waals surface area contributed by atoms with Crippen LogP contribution in [0.1, 0.15) is 56.6 Å². The van der Waals surface area contributed by atoms with Gasteiger partial charge in [-0.15, -0.1) is 0 Å². The lowest BCUT2D eigenvalue weighted by molar-refractivity contribution is -0.659. The molecule has 0 radical (unpaired) electrons. The SMILES string of the molecule is Cc1c2c(cc3ccccc13)N(C)c1cc(C3CCC(C)(C)CC3)cc3cc[n+](C)c-2c13. The molecule has 0 amide bonds. The van der Waals surface area contributed by atoms with Crippen LogP contribution in [-0.2, 0) is 7.05 Å². The molecule has 2 aliphatic rings. The van der Waals surface area contributed by atoms with Crippen molar-refractivity contribution in [2.75, 3.05) is 11.9 Å². The number of pyridine rings is 1. The first-order chi connectivity index (χ1) is 15.3. The summed E-state index contributed by atoms with van der Waals surface area (Å²) >= 11 is 0. The Morgan fingerprint density at radius 1 is 0.938 bits per heavy atom. The van der Waals surface area contributed by atoms with E-state index in [4.69, 9.17) is 0 Å². The van der Waals surface area contributed by atoms with Crippen LogP contribution >= 0.6 is 0 Å². The highest BCUT2D eigenvalue weighted by Crippen LogP contribution is 2.50. The molecule has 0 atom stereocenters. The van der Waals surface area contributed by atoms with Crippen molar-refractivity contribution in [3.05, 3.63) is 65.9 Å². The van der Waals surface area contributed by atoms with Crippen molar-refractivity contribution in [1.29, 1.82) is 0 Å². The molecule has 2 heteroatoms. The molecule has 1 saturated carbocycles. The Morgan fingerprint density at radius 3 is 2.47 bits per heavy atom. The molecule has 0 N–H and O–H groups in total. The van der Waals surface area contributed by atoms with Gasteiger partial charge in [-0.1, -0.05) is 44.2 Å². The second-order valence-electron chi connectivity index (χ2n) is 10.9. The summed E-state index contributed by atoms with van der Waals surface area (Å²) < 4.78 is 2.32. The Labute approximate surface area is 191 Å². The van der Waals surface area contributed by atoms with Gasteiger partial charge in [-0.2, -0.15) is 0 Å². The summed E-state index contributed by atoms with van der Waals surface area (Å²) in [4.78, 5) is 2.44. The van der Waals surface area contributed by atoms with Crippen LogP contribution in [0.5, 0.6) is 0 Å². The molecular weight excluding hydrogens is 388 g/mol. The number of anilines is 2. The monoisotopic (exact) mass is 421 g/mol. The second kappa shape index (κ2) is 6.81. The first-order valence-corrected chi connectivity index (χ1v) is 12.1. The number of fused-ring (bicyclic) bond motifs is 3. The number of hydrogen-bond acceptors (Lipinski definition) is 1. The van der Waals surface area contributed by atoms with Crippen LogP contribution in [0.3, 0.4) is 0 Å². The van der Waals surface area contributed by atoms with Gasteiger partial charge in [-0.3, -0.25) is 0 Å². The molecule has 1 aromatic heterocycles. The van der Waals surface area contributed by atoms with Gasteiger partial charge < -0.3 is 4.90 Å². The summed E-state index contributed by atoms with van der Waals surface area (Å²) in [6.07, 6.45) is 7.50. The minimum absolute atomic E-state index is 0.497.